The van der Waals surface area contributed by atoms with Gasteiger partial charge in [-0.1, -0.05) is 41.9 Å². The van der Waals surface area contributed by atoms with E-state index in [0.717, 1.165) is 16.5 Å². The van der Waals surface area contributed by atoms with Crippen molar-refractivity contribution in [1.82, 2.24) is 0 Å². The molecular weight excluding hydrogens is 504 g/mol. The lowest BCUT2D eigenvalue weighted by molar-refractivity contribution is -0.111. The number of ether oxygens (including phenoxy) is 1. The predicted octanol–water partition coefficient (Wildman–Crippen LogP) is 7.57. The van der Waals surface area contributed by atoms with Gasteiger partial charge in [0.2, 0.25) is 5.91 Å². The van der Waals surface area contributed by atoms with Crippen LogP contribution in [0.4, 0.5) is 11.4 Å². The topological polar surface area (TPSA) is 93.7 Å². The van der Waals surface area contributed by atoms with Gasteiger partial charge in [0.05, 0.1) is 12.8 Å². The summed E-state index contributed by atoms with van der Waals surface area (Å²) in [6, 6.07) is 23.3. The van der Waals surface area contributed by atoms with E-state index in [9.17, 15) is 9.59 Å². The lowest BCUT2D eigenvalue weighted by Gasteiger charge is -2.11. The van der Waals surface area contributed by atoms with Gasteiger partial charge in [0.25, 0.3) is 5.91 Å². The molecule has 0 radical (unpaired) electrons. The van der Waals surface area contributed by atoms with Crippen LogP contribution in [0.1, 0.15) is 21.9 Å². The Morgan fingerprint density at radius 2 is 1.76 bits per heavy atom. The molecule has 0 bridgehead atoms. The number of aryl methyl sites for hydroxylation is 1. The number of para-hydroxylation sites is 1. The van der Waals surface area contributed by atoms with E-state index in [1.165, 1.54) is 13.2 Å². The van der Waals surface area contributed by atoms with E-state index in [-0.39, 0.29) is 11.7 Å². The Hall–Kier alpha value is -4.75. The summed E-state index contributed by atoms with van der Waals surface area (Å²) < 4.78 is 16.9. The van der Waals surface area contributed by atoms with Crippen molar-refractivity contribution < 1.29 is 23.2 Å². The predicted molar refractivity (Wildman–Crippen MR) is 149 cm³/mol. The lowest BCUT2D eigenvalue weighted by atomic mass is 10.1. The lowest BCUT2D eigenvalue weighted by Crippen LogP contribution is -2.12. The van der Waals surface area contributed by atoms with E-state index < -0.39 is 5.91 Å². The van der Waals surface area contributed by atoms with Crippen molar-refractivity contribution in [3.63, 3.8) is 0 Å². The minimum atomic E-state index is -0.412. The van der Waals surface area contributed by atoms with Crippen LogP contribution in [0.5, 0.6) is 5.75 Å². The van der Waals surface area contributed by atoms with E-state index in [0.29, 0.717) is 39.3 Å². The van der Waals surface area contributed by atoms with Crippen LogP contribution in [0.2, 0.25) is 5.02 Å². The first-order valence-corrected chi connectivity index (χ1v) is 12.1. The Labute approximate surface area is 223 Å². The Kier molecular flexibility index (Phi) is 7.02. The average molecular weight is 527 g/mol. The number of amides is 2. The largest absolute Gasteiger partial charge is 0.494 e. The van der Waals surface area contributed by atoms with E-state index in [4.69, 9.17) is 25.2 Å². The number of methoxy groups -OCH3 is 1. The molecule has 0 aliphatic heterocycles. The molecule has 3 aromatic carbocycles. The Morgan fingerprint density at radius 3 is 2.55 bits per heavy atom. The molecule has 2 aromatic heterocycles. The minimum absolute atomic E-state index is 0.183. The molecule has 0 saturated heterocycles. The molecule has 190 valence electrons. The Bertz CT molecular complexity index is 1650. The summed E-state index contributed by atoms with van der Waals surface area (Å²) in [6.45, 7) is 1.93. The maximum Gasteiger partial charge on any atom is 0.291 e. The van der Waals surface area contributed by atoms with E-state index in [1.807, 2.05) is 49.4 Å². The summed E-state index contributed by atoms with van der Waals surface area (Å²) in [5.74, 6) is 0.962. The van der Waals surface area contributed by atoms with Gasteiger partial charge in [0.1, 0.15) is 22.9 Å². The summed E-state index contributed by atoms with van der Waals surface area (Å²) in [5.41, 5.74) is 3.39. The zero-order valence-corrected chi connectivity index (χ0v) is 21.3. The van der Waals surface area contributed by atoms with Crippen LogP contribution >= 0.6 is 11.6 Å². The number of hydrogen-bond donors (Lipinski definition) is 2. The van der Waals surface area contributed by atoms with Crippen LogP contribution in [-0.4, -0.2) is 18.9 Å². The van der Waals surface area contributed by atoms with E-state index >= 15 is 0 Å². The number of benzene rings is 3. The maximum absolute atomic E-state index is 12.7. The second-order valence-corrected chi connectivity index (χ2v) is 8.91. The SMILES string of the molecule is COc1cc(NC(=O)C=Cc2ccc(-c3ccc(C)c(Cl)c3)o2)ccc1NC(=O)c1cc2ccccc2o1. The van der Waals surface area contributed by atoms with Gasteiger partial charge in [-0.25, -0.2) is 0 Å². The summed E-state index contributed by atoms with van der Waals surface area (Å²) in [4.78, 5) is 25.2. The fraction of sp³-hybridized carbons (Fsp3) is 0.0667. The zero-order valence-electron chi connectivity index (χ0n) is 20.6. The van der Waals surface area contributed by atoms with Gasteiger partial charge in [-0.05, 0) is 61.0 Å². The number of halogens is 1. The first-order valence-electron chi connectivity index (χ1n) is 11.7. The standard InChI is InChI=1S/C30H23ClN2O5/c1-18-7-8-20(15-23(18)31)26-13-10-22(37-26)11-14-29(34)32-21-9-12-24(27(17-21)36-2)33-30(35)28-16-19-5-3-4-6-25(19)38-28/h3-17H,1-2H3,(H,32,34)(H,33,35). The number of rotatable bonds is 7. The van der Waals surface area contributed by atoms with Crippen molar-refractivity contribution in [2.75, 3.05) is 17.7 Å². The number of furan rings is 2. The molecule has 0 spiro atoms. The summed E-state index contributed by atoms with van der Waals surface area (Å²) in [6.07, 6.45) is 2.95. The molecule has 2 amide bonds. The molecule has 0 atom stereocenters. The smallest absolute Gasteiger partial charge is 0.291 e. The highest BCUT2D eigenvalue weighted by molar-refractivity contribution is 6.31. The molecule has 8 heteroatoms. The van der Waals surface area contributed by atoms with Gasteiger partial charge in [-0.3, -0.25) is 9.59 Å². The van der Waals surface area contributed by atoms with Crippen molar-refractivity contribution in [3.05, 3.63) is 107 Å². The molecule has 0 unspecified atom stereocenters. The Balaban J connectivity index is 1.23. The summed E-state index contributed by atoms with van der Waals surface area (Å²) in [5, 5.41) is 7.05. The fourth-order valence-electron chi connectivity index (χ4n) is 3.84. The number of carbonyl (C=O) groups is 2. The van der Waals surface area contributed by atoms with Crippen molar-refractivity contribution >= 4 is 51.8 Å². The quantitative estimate of drug-likeness (QED) is 0.213. The van der Waals surface area contributed by atoms with Gasteiger partial charge in [-0.2, -0.15) is 0 Å². The molecule has 7 nitrogen and oxygen atoms in total. The molecule has 0 fully saturated rings. The molecule has 5 aromatic rings. The average Bonchev–Trinajstić information content (AvgIpc) is 3.57. The highest BCUT2D eigenvalue weighted by Crippen LogP contribution is 2.30. The molecule has 0 aliphatic carbocycles. The monoisotopic (exact) mass is 526 g/mol. The van der Waals surface area contributed by atoms with Crippen molar-refractivity contribution in [2.45, 2.75) is 6.92 Å². The third-order valence-corrected chi connectivity index (χ3v) is 6.26. The number of anilines is 2. The maximum atomic E-state index is 12.7. The number of hydrogen-bond acceptors (Lipinski definition) is 5. The number of nitrogens with one attached hydrogen (secondary N) is 2. The summed E-state index contributed by atoms with van der Waals surface area (Å²) >= 11 is 6.21. The number of fused-ring (bicyclic) bond motifs is 1. The van der Waals surface area contributed by atoms with Crippen molar-refractivity contribution in [3.8, 4) is 17.1 Å². The second-order valence-electron chi connectivity index (χ2n) is 8.51. The molecule has 0 saturated carbocycles. The first-order chi connectivity index (χ1) is 18.4. The highest BCUT2D eigenvalue weighted by atomic mass is 35.5. The molecule has 2 heterocycles. The van der Waals surface area contributed by atoms with Crippen LogP contribution in [0.15, 0.2) is 93.8 Å². The van der Waals surface area contributed by atoms with Gasteiger partial charge < -0.3 is 24.2 Å². The normalized spacial score (nSPS) is 11.1. The molecule has 2 N–H and O–H groups in total. The van der Waals surface area contributed by atoms with Crippen molar-refractivity contribution in [2.24, 2.45) is 0 Å². The second kappa shape index (κ2) is 10.7. The van der Waals surface area contributed by atoms with E-state index in [2.05, 4.69) is 10.6 Å². The molecule has 38 heavy (non-hydrogen) atoms. The third-order valence-electron chi connectivity index (χ3n) is 5.85. The van der Waals surface area contributed by atoms with E-state index in [1.54, 1.807) is 42.5 Å². The van der Waals surface area contributed by atoms with Gasteiger partial charge in [0, 0.05) is 33.8 Å². The minimum Gasteiger partial charge on any atom is -0.494 e. The fourth-order valence-corrected chi connectivity index (χ4v) is 4.02. The van der Waals surface area contributed by atoms with Gasteiger partial charge in [-0.15, -0.1) is 0 Å². The third kappa shape index (κ3) is 5.48. The van der Waals surface area contributed by atoms with Crippen LogP contribution in [0, 0.1) is 6.92 Å². The molecular formula is C30H23ClN2O5. The Morgan fingerprint density at radius 1 is 0.921 bits per heavy atom. The van der Waals surface area contributed by atoms with Gasteiger partial charge >= 0.3 is 0 Å². The number of carbonyl (C=O) groups excluding carboxylic acids is 2. The van der Waals surface area contributed by atoms with Crippen LogP contribution < -0.4 is 15.4 Å². The van der Waals surface area contributed by atoms with Crippen LogP contribution in [-0.2, 0) is 4.79 Å². The highest BCUT2D eigenvalue weighted by Gasteiger charge is 2.15. The van der Waals surface area contributed by atoms with Crippen molar-refractivity contribution in [1.29, 1.82) is 0 Å². The summed E-state index contributed by atoms with van der Waals surface area (Å²) in [7, 11) is 1.48. The van der Waals surface area contributed by atoms with Crippen LogP contribution in [0.3, 0.4) is 0 Å². The first kappa shape index (κ1) is 24.9. The molecule has 0 aliphatic rings. The van der Waals surface area contributed by atoms with Crippen LogP contribution in [0.25, 0.3) is 28.4 Å². The zero-order chi connectivity index (χ0) is 26.6. The molecule has 5 rings (SSSR count). The van der Waals surface area contributed by atoms with Gasteiger partial charge in [0.15, 0.2) is 5.76 Å².